The fourth-order valence-corrected chi connectivity index (χ4v) is 3.78. The zero-order valence-electron chi connectivity index (χ0n) is 17.3. The molecule has 0 bridgehead atoms. The molecule has 0 heterocycles. The molecule has 6 heteroatoms. The van der Waals surface area contributed by atoms with E-state index in [1.165, 1.54) is 0 Å². The zero-order valence-corrected chi connectivity index (χ0v) is 20.4. The van der Waals surface area contributed by atoms with E-state index >= 15 is 0 Å². The van der Waals surface area contributed by atoms with Gasteiger partial charge in [0.1, 0.15) is 11.5 Å². The number of ether oxygens (including phenoxy) is 2. The van der Waals surface area contributed by atoms with Crippen LogP contribution in [0.2, 0.25) is 0 Å². The Morgan fingerprint density at radius 1 is 0.733 bits per heavy atom. The Morgan fingerprint density at radius 2 is 1.13 bits per heavy atom. The van der Waals surface area contributed by atoms with Crippen molar-refractivity contribution in [2.45, 2.75) is 49.2 Å². The van der Waals surface area contributed by atoms with Crippen LogP contribution in [-0.4, -0.2) is 34.4 Å². The minimum atomic E-state index is -0.196. The van der Waals surface area contributed by atoms with Crippen LogP contribution >= 0.6 is 31.9 Å². The Morgan fingerprint density at radius 3 is 1.50 bits per heavy atom. The number of carbonyl (C=O) groups excluding carboxylic acids is 2. The summed E-state index contributed by atoms with van der Waals surface area (Å²) in [5.41, 5.74) is 1.44. The summed E-state index contributed by atoms with van der Waals surface area (Å²) in [5, 5.41) is 0. The second kappa shape index (κ2) is 10.6. The van der Waals surface area contributed by atoms with E-state index in [0.29, 0.717) is 56.6 Å². The second-order valence-corrected chi connectivity index (χ2v) is 9.89. The highest BCUT2D eigenvalue weighted by molar-refractivity contribution is 9.09. The Balaban J connectivity index is 1.95. The van der Waals surface area contributed by atoms with E-state index in [1.54, 1.807) is 36.4 Å². The molecular formula is C24H26Br2O4. The third-order valence-electron chi connectivity index (χ3n) is 5.26. The summed E-state index contributed by atoms with van der Waals surface area (Å²) in [6.07, 6.45) is 3.61. The molecule has 0 saturated heterocycles. The minimum Gasteiger partial charge on any atom is -0.493 e. The molecule has 1 aliphatic rings. The van der Waals surface area contributed by atoms with Crippen molar-refractivity contribution in [1.82, 2.24) is 0 Å². The lowest BCUT2D eigenvalue weighted by atomic mass is 9.83. The minimum absolute atomic E-state index is 0.196. The largest absolute Gasteiger partial charge is 0.493 e. The number of ketones is 2. The molecule has 0 aliphatic heterocycles. The highest BCUT2D eigenvalue weighted by Gasteiger charge is 2.35. The molecule has 0 saturated carbocycles. The van der Waals surface area contributed by atoms with Gasteiger partial charge in [-0.05, 0) is 37.8 Å². The van der Waals surface area contributed by atoms with Crippen LogP contribution in [0.3, 0.4) is 0 Å². The topological polar surface area (TPSA) is 52.6 Å². The summed E-state index contributed by atoms with van der Waals surface area (Å²) in [7, 11) is 0. The van der Waals surface area contributed by atoms with Crippen molar-refractivity contribution < 1.29 is 19.1 Å². The van der Waals surface area contributed by atoms with Crippen LogP contribution in [0.5, 0.6) is 11.5 Å². The van der Waals surface area contributed by atoms with E-state index in [1.807, 2.05) is 0 Å². The van der Waals surface area contributed by atoms with Crippen molar-refractivity contribution in [1.29, 1.82) is 0 Å². The van der Waals surface area contributed by atoms with Crippen molar-refractivity contribution in [2.75, 3.05) is 13.2 Å². The van der Waals surface area contributed by atoms with Crippen LogP contribution in [0.4, 0.5) is 0 Å². The molecule has 2 atom stereocenters. The molecule has 0 fully saturated rings. The van der Waals surface area contributed by atoms with Crippen molar-refractivity contribution in [3.05, 3.63) is 58.7 Å². The molecule has 2 aromatic carbocycles. The Labute approximate surface area is 194 Å². The maximum atomic E-state index is 13.3. The van der Waals surface area contributed by atoms with Crippen LogP contribution in [-0.2, 0) is 0 Å². The molecule has 2 aromatic rings. The third kappa shape index (κ3) is 4.97. The van der Waals surface area contributed by atoms with Crippen molar-refractivity contribution in [2.24, 2.45) is 0 Å². The summed E-state index contributed by atoms with van der Waals surface area (Å²) in [4.78, 5) is 27.3. The molecule has 0 aromatic heterocycles. The number of carbonyl (C=O) groups is 2. The maximum Gasteiger partial charge on any atom is 0.198 e. The predicted molar refractivity (Wildman–Crippen MR) is 126 cm³/mol. The van der Waals surface area contributed by atoms with E-state index in [-0.39, 0.29) is 11.6 Å². The van der Waals surface area contributed by atoms with Crippen LogP contribution in [0.15, 0.2) is 36.4 Å². The lowest BCUT2D eigenvalue weighted by Crippen LogP contribution is -2.23. The van der Waals surface area contributed by atoms with E-state index in [0.717, 1.165) is 25.7 Å². The fraction of sp³-hybridized carbons (Fsp3) is 0.417. The van der Waals surface area contributed by atoms with Gasteiger partial charge in [0.05, 0.1) is 24.3 Å². The number of rotatable bonds is 10. The number of benzene rings is 2. The molecule has 0 spiro atoms. The van der Waals surface area contributed by atoms with Gasteiger partial charge in [0.15, 0.2) is 11.6 Å². The maximum absolute atomic E-state index is 13.3. The molecule has 3 rings (SSSR count). The van der Waals surface area contributed by atoms with E-state index < -0.39 is 0 Å². The van der Waals surface area contributed by atoms with Crippen molar-refractivity contribution in [3.8, 4) is 11.5 Å². The van der Waals surface area contributed by atoms with Gasteiger partial charge in [-0.25, -0.2) is 0 Å². The summed E-state index contributed by atoms with van der Waals surface area (Å²) < 4.78 is 11.9. The number of halogens is 2. The van der Waals surface area contributed by atoms with Gasteiger partial charge in [-0.1, -0.05) is 70.0 Å². The van der Waals surface area contributed by atoms with Crippen LogP contribution in [0.25, 0.3) is 0 Å². The van der Waals surface area contributed by atoms with Gasteiger partial charge in [0.2, 0.25) is 0 Å². The number of hydrogen-bond donors (Lipinski definition) is 0. The number of hydrogen-bond acceptors (Lipinski definition) is 4. The molecule has 30 heavy (non-hydrogen) atoms. The van der Waals surface area contributed by atoms with Crippen molar-refractivity contribution in [3.63, 3.8) is 0 Å². The molecule has 1 aliphatic carbocycles. The molecule has 4 nitrogen and oxygen atoms in total. The van der Waals surface area contributed by atoms with Crippen LogP contribution < -0.4 is 9.47 Å². The highest BCUT2D eigenvalue weighted by Crippen LogP contribution is 2.39. The van der Waals surface area contributed by atoms with E-state index in [9.17, 15) is 9.59 Å². The van der Waals surface area contributed by atoms with Gasteiger partial charge < -0.3 is 9.47 Å². The highest BCUT2D eigenvalue weighted by atomic mass is 79.9. The molecule has 2 unspecified atom stereocenters. The van der Waals surface area contributed by atoms with Gasteiger partial charge in [-0.2, -0.15) is 0 Å². The zero-order chi connectivity index (χ0) is 21.7. The van der Waals surface area contributed by atoms with Gasteiger partial charge in [-0.15, -0.1) is 0 Å². The first-order chi connectivity index (χ1) is 14.5. The molecule has 0 amide bonds. The second-order valence-electron chi connectivity index (χ2n) is 7.30. The summed E-state index contributed by atoms with van der Waals surface area (Å²) in [5.74, 6) is 0.484. The molecule has 160 valence electrons. The van der Waals surface area contributed by atoms with E-state index in [4.69, 9.17) is 9.47 Å². The van der Waals surface area contributed by atoms with Gasteiger partial charge in [0.25, 0.3) is 0 Å². The van der Waals surface area contributed by atoms with E-state index in [2.05, 4.69) is 45.7 Å². The molecule has 0 N–H and O–H groups in total. The third-order valence-corrected chi connectivity index (χ3v) is 7.47. The Hall–Kier alpha value is -1.66. The fourth-order valence-electron chi connectivity index (χ4n) is 3.41. The first kappa shape index (κ1) is 23.0. The predicted octanol–water partition coefficient (Wildman–Crippen LogP) is 6.35. The van der Waals surface area contributed by atoms with Gasteiger partial charge in [-0.3, -0.25) is 9.59 Å². The number of fused-ring (bicyclic) bond motifs is 2. The average molecular weight is 538 g/mol. The first-order valence-corrected chi connectivity index (χ1v) is 12.2. The van der Waals surface area contributed by atoms with Crippen LogP contribution in [0, 0.1) is 0 Å². The SMILES string of the molecule is CCC(Br)CCOc1ccc(OCCC(Br)CC)c2c1C(=O)c1ccccc1C2=O. The number of alkyl halides is 2. The van der Waals surface area contributed by atoms with Gasteiger partial charge >= 0.3 is 0 Å². The summed E-state index contributed by atoms with van der Waals surface area (Å²) in [6, 6.07) is 10.4. The summed E-state index contributed by atoms with van der Waals surface area (Å²) in [6.45, 7) is 5.12. The smallest absolute Gasteiger partial charge is 0.198 e. The van der Waals surface area contributed by atoms with Crippen LogP contribution in [0.1, 0.15) is 71.4 Å². The Bertz CT molecular complexity index is 851. The lowest BCUT2D eigenvalue weighted by Gasteiger charge is -2.23. The lowest BCUT2D eigenvalue weighted by molar-refractivity contribution is 0.0972. The van der Waals surface area contributed by atoms with Gasteiger partial charge in [0, 0.05) is 20.8 Å². The normalized spacial score (nSPS) is 14.7. The standard InChI is InChI=1S/C24H26Br2O4/c1-3-15(25)11-13-29-19-9-10-20(30-14-12-16(26)4-2)22-21(19)23(27)17-7-5-6-8-18(17)24(22)28/h5-10,15-16H,3-4,11-14H2,1-2H3. The molecular weight excluding hydrogens is 512 g/mol. The quantitative estimate of drug-likeness (QED) is 0.283. The Kier molecular flexibility index (Phi) is 8.12. The molecule has 0 radical (unpaired) electrons. The van der Waals surface area contributed by atoms with Crippen molar-refractivity contribution >= 4 is 43.4 Å². The summed E-state index contributed by atoms with van der Waals surface area (Å²) >= 11 is 7.20. The monoisotopic (exact) mass is 536 g/mol. The first-order valence-electron chi connectivity index (χ1n) is 10.4. The average Bonchev–Trinajstić information content (AvgIpc) is 2.77.